The van der Waals surface area contributed by atoms with Gasteiger partial charge in [-0.3, -0.25) is 0 Å². The van der Waals surface area contributed by atoms with Gasteiger partial charge in [0.2, 0.25) is 0 Å². The Labute approximate surface area is 110 Å². The van der Waals surface area contributed by atoms with Crippen LogP contribution < -0.4 is 0 Å². The van der Waals surface area contributed by atoms with Gasteiger partial charge in [-0.05, 0) is 6.42 Å². The molecule has 1 radical (unpaired) electrons. The molecular formula is C11H21NSiZr-. The summed E-state index contributed by atoms with van der Waals surface area (Å²) in [6.07, 6.45) is 7.28. The van der Waals surface area contributed by atoms with Gasteiger partial charge in [-0.25, -0.2) is 0 Å². The van der Waals surface area contributed by atoms with Crippen molar-refractivity contribution in [3.05, 3.63) is 29.2 Å². The van der Waals surface area contributed by atoms with Crippen LogP contribution in [0.5, 0.6) is 0 Å². The van der Waals surface area contributed by atoms with E-state index in [2.05, 4.69) is 57.4 Å². The third kappa shape index (κ3) is 10.5. The van der Waals surface area contributed by atoms with Crippen molar-refractivity contribution in [3.63, 3.8) is 0 Å². The monoisotopic (exact) mass is 285 g/mol. The molecule has 0 saturated carbocycles. The second-order valence-corrected chi connectivity index (χ2v) is 5.30. The average molecular weight is 287 g/mol. The Balaban J connectivity index is 0. The maximum absolute atomic E-state index is 4.51. The summed E-state index contributed by atoms with van der Waals surface area (Å²) >= 11 is 0. The molecule has 0 amide bonds. The third-order valence-electron chi connectivity index (χ3n) is 1.23. The first kappa shape index (κ1) is 16.8. The average Bonchev–Trinajstić information content (AvgIpc) is 2.37. The number of nitrogens with zero attached hydrogens (tertiary/aromatic N) is 1. The van der Waals surface area contributed by atoms with Crippen LogP contribution in [0, 0.1) is 0 Å². The number of hydrogen-bond acceptors (Lipinski definition) is 0. The maximum atomic E-state index is 4.51. The van der Waals surface area contributed by atoms with Gasteiger partial charge in [0.25, 0.3) is 0 Å². The van der Waals surface area contributed by atoms with Crippen LogP contribution in [0.25, 0.3) is 5.32 Å². The zero-order valence-electron chi connectivity index (χ0n) is 9.96. The maximum Gasteiger partial charge on any atom is 0.0213 e. The summed E-state index contributed by atoms with van der Waals surface area (Å²) in [7, 11) is 0.750. The van der Waals surface area contributed by atoms with Crippen LogP contribution in [0.4, 0.5) is 0 Å². The normalized spacial score (nSPS) is 13.6. The number of hydrogen-bond donors (Lipinski definition) is 0. The number of allylic oxidation sites excluding steroid dienone is 3. The predicted octanol–water partition coefficient (Wildman–Crippen LogP) is 3.52. The van der Waals surface area contributed by atoms with Crippen LogP contribution in [0.1, 0.15) is 27.2 Å². The molecule has 3 heteroatoms. The van der Waals surface area contributed by atoms with E-state index in [-0.39, 0.29) is 31.7 Å². The van der Waals surface area contributed by atoms with Crippen molar-refractivity contribution in [2.24, 2.45) is 0 Å². The van der Waals surface area contributed by atoms with E-state index in [0.717, 1.165) is 15.9 Å². The Bertz CT molecular complexity index is 192. The molecule has 0 aromatic carbocycles. The Morgan fingerprint density at radius 1 is 1.29 bits per heavy atom. The van der Waals surface area contributed by atoms with Crippen LogP contribution in [-0.2, 0) is 26.2 Å². The van der Waals surface area contributed by atoms with Crippen LogP contribution in [0.2, 0.25) is 13.1 Å². The van der Waals surface area contributed by atoms with Crippen LogP contribution in [0.15, 0.2) is 23.9 Å². The zero-order valence-corrected chi connectivity index (χ0v) is 13.6. The van der Waals surface area contributed by atoms with Gasteiger partial charge < -0.3 is 5.32 Å². The minimum absolute atomic E-state index is 0. The fourth-order valence-corrected chi connectivity index (χ4v) is 0.950. The summed E-state index contributed by atoms with van der Waals surface area (Å²) in [4.78, 5) is 0. The molecule has 0 aromatic rings. The molecule has 0 spiro atoms. The molecule has 0 unspecified atom stereocenters. The zero-order chi connectivity index (χ0) is 10.3. The summed E-state index contributed by atoms with van der Waals surface area (Å²) in [6.45, 7) is 10.8. The van der Waals surface area contributed by atoms with Crippen molar-refractivity contribution in [1.82, 2.24) is 0 Å². The molecule has 0 saturated heterocycles. The van der Waals surface area contributed by atoms with E-state index in [4.69, 9.17) is 0 Å². The molecule has 0 atom stereocenters. The van der Waals surface area contributed by atoms with E-state index in [1.165, 1.54) is 5.70 Å². The Morgan fingerprint density at radius 3 is 2.07 bits per heavy atom. The van der Waals surface area contributed by atoms with Gasteiger partial charge in [-0.15, -0.1) is 5.54 Å². The fraction of sp³-hybridized carbons (Fsp3) is 0.636. The first-order valence-corrected chi connectivity index (χ1v) is 7.13. The summed E-state index contributed by atoms with van der Waals surface area (Å²) in [5.41, 5.74) is 1.28. The molecule has 0 aliphatic heterocycles. The summed E-state index contributed by atoms with van der Waals surface area (Å²) < 4.78 is 0. The molecular weight excluding hydrogens is 265 g/mol. The van der Waals surface area contributed by atoms with Crippen molar-refractivity contribution in [1.29, 1.82) is 0 Å². The van der Waals surface area contributed by atoms with Crippen molar-refractivity contribution in [2.45, 2.75) is 45.8 Å². The van der Waals surface area contributed by atoms with Crippen LogP contribution in [0.3, 0.4) is 0 Å². The van der Waals surface area contributed by atoms with Gasteiger partial charge in [0.05, 0.1) is 0 Å². The van der Waals surface area contributed by atoms with Crippen molar-refractivity contribution < 1.29 is 26.2 Å². The topological polar surface area (TPSA) is 14.1 Å². The van der Waals surface area contributed by atoms with Gasteiger partial charge in [-0.1, -0.05) is 52.1 Å². The van der Waals surface area contributed by atoms with E-state index >= 15 is 0 Å². The van der Waals surface area contributed by atoms with E-state index in [9.17, 15) is 0 Å². The van der Waals surface area contributed by atoms with Gasteiger partial charge in [0.15, 0.2) is 0 Å². The molecule has 0 fully saturated rings. The van der Waals surface area contributed by atoms with Crippen molar-refractivity contribution in [2.75, 3.05) is 0 Å². The third-order valence-corrected chi connectivity index (χ3v) is 1.23. The minimum Gasteiger partial charge on any atom is -0.683 e. The fourth-order valence-electron chi connectivity index (χ4n) is 0.950. The molecule has 1 aliphatic rings. The molecule has 79 valence electrons. The second-order valence-electron chi connectivity index (χ2n) is 4.15. The van der Waals surface area contributed by atoms with Gasteiger partial charge in [-0.2, -0.15) is 5.70 Å². The van der Waals surface area contributed by atoms with Crippen molar-refractivity contribution >= 4 is 9.52 Å². The van der Waals surface area contributed by atoms with Gasteiger partial charge in [0.1, 0.15) is 0 Å². The Morgan fingerprint density at radius 2 is 1.79 bits per heavy atom. The molecule has 14 heavy (non-hydrogen) atoms. The van der Waals surface area contributed by atoms with Crippen LogP contribution in [-0.4, -0.2) is 15.1 Å². The summed E-state index contributed by atoms with van der Waals surface area (Å²) in [6, 6.07) is 0. The minimum atomic E-state index is 0. The second kappa shape index (κ2) is 8.67. The van der Waals surface area contributed by atoms with Crippen LogP contribution >= 0.6 is 0 Å². The summed E-state index contributed by atoms with van der Waals surface area (Å²) in [5.74, 6) is 0. The first-order valence-electron chi connectivity index (χ1n) is 4.82. The van der Waals surface area contributed by atoms with E-state index < -0.39 is 0 Å². The van der Waals surface area contributed by atoms with E-state index in [1.54, 1.807) is 0 Å². The standard InChI is InChI=1S/C9H14N.C2H7Si.Zr/c1-9(2,3)10-8-6-4-5-7-8;1-3-2;/h4-6H,7H2,1-3H3;3H,1-2H3;/q-1;;. The molecule has 1 rings (SSSR count). The SMILES string of the molecule is CC(C)(C)[N-]C1=CC=CC1.C[SiH]C.[Zr]. The van der Waals surface area contributed by atoms with E-state index in [1.807, 2.05) is 0 Å². The molecule has 0 N–H and O–H groups in total. The summed E-state index contributed by atoms with van der Waals surface area (Å²) in [5, 5.41) is 4.51. The van der Waals surface area contributed by atoms with Gasteiger partial charge in [0, 0.05) is 35.7 Å². The quantitative estimate of drug-likeness (QED) is 0.655. The van der Waals surface area contributed by atoms with Crippen molar-refractivity contribution in [3.8, 4) is 0 Å². The first-order chi connectivity index (χ1) is 5.99. The molecule has 0 heterocycles. The Kier molecular flexibility index (Phi) is 10.4. The van der Waals surface area contributed by atoms with Gasteiger partial charge >= 0.3 is 0 Å². The van der Waals surface area contributed by atoms with E-state index in [0.29, 0.717) is 0 Å². The Hall–Kier alpha value is 0.380. The predicted molar refractivity (Wildman–Crippen MR) is 63.8 cm³/mol. The molecule has 0 bridgehead atoms. The largest absolute Gasteiger partial charge is 0.683 e. The smallest absolute Gasteiger partial charge is 0.0213 e. The number of rotatable bonds is 1. The molecule has 1 nitrogen and oxygen atoms in total. The molecule has 0 aromatic heterocycles. The molecule has 1 aliphatic carbocycles.